The zero-order valence-corrected chi connectivity index (χ0v) is 13.4. The molecule has 3 nitrogen and oxygen atoms in total. The van der Waals surface area contributed by atoms with Crippen molar-refractivity contribution in [3.63, 3.8) is 0 Å². The third-order valence-electron chi connectivity index (χ3n) is 5.60. The van der Waals surface area contributed by atoms with Crippen LogP contribution in [0.5, 0.6) is 0 Å². The molecule has 2 unspecified atom stereocenters. The van der Waals surface area contributed by atoms with Gasteiger partial charge in [0.1, 0.15) is 0 Å². The molecular formula is C20H24N2O. The number of nitrogens with zero attached hydrogens (tertiary/aromatic N) is 1. The molecule has 4 rings (SSSR count). The molecule has 3 aliphatic rings. The Hall–Kier alpha value is -2.03. The Kier molecular flexibility index (Phi) is 3.94. The topological polar surface area (TPSA) is 32.3 Å². The van der Waals surface area contributed by atoms with Crippen molar-refractivity contribution >= 4 is 6.03 Å². The number of carbonyl (C=O) groups excluding carboxylic acids is 1. The minimum absolute atomic E-state index is 0.112. The minimum Gasteiger partial charge on any atom is -0.331 e. The molecule has 1 aliphatic heterocycles. The molecule has 0 bridgehead atoms. The Morgan fingerprint density at radius 1 is 1.04 bits per heavy atom. The molecule has 1 saturated carbocycles. The molecule has 1 N–H and O–H groups in total. The number of benzene rings is 1. The van der Waals surface area contributed by atoms with E-state index < -0.39 is 0 Å². The lowest BCUT2D eigenvalue weighted by molar-refractivity contribution is 0.202. The van der Waals surface area contributed by atoms with Crippen molar-refractivity contribution in [1.82, 2.24) is 10.2 Å². The second-order valence-electron chi connectivity index (χ2n) is 7.11. The normalized spacial score (nSPS) is 32.1. The fourth-order valence-electron chi connectivity index (χ4n) is 4.40. The van der Waals surface area contributed by atoms with Gasteiger partial charge in [0.05, 0.1) is 6.04 Å². The standard InChI is InChI=1S/C20H24N2O/c23-20(21-19-9-5-2-6-10-19)22-13-17-11-16(12-18(17)14-22)15-7-3-1-4-8-15/h1-9,16-19H,10-14H2,(H,21,23)/t16?,17-,18+,19?. The number of hydrogen-bond acceptors (Lipinski definition) is 1. The van der Waals surface area contributed by atoms with Gasteiger partial charge < -0.3 is 10.2 Å². The molecule has 4 atom stereocenters. The summed E-state index contributed by atoms with van der Waals surface area (Å²) in [5.74, 6) is 2.03. The van der Waals surface area contributed by atoms with Crippen LogP contribution in [0.4, 0.5) is 4.79 Å². The molecule has 0 aromatic heterocycles. The monoisotopic (exact) mass is 308 g/mol. The summed E-state index contributed by atoms with van der Waals surface area (Å²) in [7, 11) is 0. The Labute approximate surface area is 138 Å². The van der Waals surface area contributed by atoms with E-state index in [2.05, 4.69) is 47.8 Å². The summed E-state index contributed by atoms with van der Waals surface area (Å²) >= 11 is 0. The number of amides is 2. The number of urea groups is 1. The summed E-state index contributed by atoms with van der Waals surface area (Å²) in [5.41, 5.74) is 1.47. The lowest BCUT2D eigenvalue weighted by Gasteiger charge is -2.23. The molecular weight excluding hydrogens is 284 g/mol. The maximum absolute atomic E-state index is 12.5. The summed E-state index contributed by atoms with van der Waals surface area (Å²) < 4.78 is 0. The Bertz CT molecular complexity index is 608. The van der Waals surface area contributed by atoms with Gasteiger partial charge >= 0.3 is 6.03 Å². The van der Waals surface area contributed by atoms with Crippen molar-refractivity contribution in [1.29, 1.82) is 0 Å². The van der Waals surface area contributed by atoms with E-state index in [0.717, 1.165) is 19.5 Å². The smallest absolute Gasteiger partial charge is 0.317 e. The molecule has 1 saturated heterocycles. The first kappa shape index (κ1) is 14.6. The number of hydrogen-bond donors (Lipinski definition) is 1. The van der Waals surface area contributed by atoms with Gasteiger partial charge in [0.2, 0.25) is 0 Å². The van der Waals surface area contributed by atoms with E-state index in [1.54, 1.807) is 0 Å². The second kappa shape index (κ2) is 6.23. The largest absolute Gasteiger partial charge is 0.331 e. The third kappa shape index (κ3) is 3.05. The molecule has 120 valence electrons. The zero-order chi connectivity index (χ0) is 15.6. The number of rotatable bonds is 2. The number of allylic oxidation sites excluding steroid dienone is 2. The predicted octanol–water partition coefficient (Wildman–Crippen LogP) is 3.71. The van der Waals surface area contributed by atoms with Gasteiger partial charge in [0, 0.05) is 13.1 Å². The summed E-state index contributed by atoms with van der Waals surface area (Å²) in [6.07, 6.45) is 11.6. The van der Waals surface area contributed by atoms with E-state index in [1.165, 1.54) is 18.4 Å². The quantitative estimate of drug-likeness (QED) is 0.887. The van der Waals surface area contributed by atoms with Crippen LogP contribution in [0.2, 0.25) is 0 Å². The van der Waals surface area contributed by atoms with Gasteiger partial charge in [0.25, 0.3) is 0 Å². The molecule has 1 aromatic carbocycles. The first-order valence-corrected chi connectivity index (χ1v) is 8.73. The highest BCUT2D eigenvalue weighted by atomic mass is 16.2. The molecule has 2 amide bonds. The van der Waals surface area contributed by atoms with Crippen LogP contribution in [0, 0.1) is 11.8 Å². The maximum atomic E-state index is 12.5. The maximum Gasteiger partial charge on any atom is 0.317 e. The molecule has 23 heavy (non-hydrogen) atoms. The van der Waals surface area contributed by atoms with Crippen molar-refractivity contribution in [2.45, 2.75) is 31.2 Å². The molecule has 1 heterocycles. The van der Waals surface area contributed by atoms with Crippen molar-refractivity contribution < 1.29 is 4.79 Å². The molecule has 0 radical (unpaired) electrons. The number of fused-ring (bicyclic) bond motifs is 1. The van der Waals surface area contributed by atoms with Crippen LogP contribution in [0.15, 0.2) is 54.6 Å². The van der Waals surface area contributed by atoms with E-state index >= 15 is 0 Å². The van der Waals surface area contributed by atoms with Crippen molar-refractivity contribution in [3.05, 3.63) is 60.2 Å². The van der Waals surface area contributed by atoms with Gasteiger partial charge in [-0.15, -0.1) is 0 Å². The van der Waals surface area contributed by atoms with Crippen LogP contribution in [-0.2, 0) is 0 Å². The Balaban J connectivity index is 1.32. The van der Waals surface area contributed by atoms with Crippen LogP contribution in [0.25, 0.3) is 0 Å². The number of nitrogens with one attached hydrogen (secondary N) is 1. The van der Waals surface area contributed by atoms with Crippen LogP contribution in [0.3, 0.4) is 0 Å². The van der Waals surface area contributed by atoms with Crippen molar-refractivity contribution in [2.24, 2.45) is 11.8 Å². The van der Waals surface area contributed by atoms with E-state index in [-0.39, 0.29) is 12.1 Å². The van der Waals surface area contributed by atoms with Crippen molar-refractivity contribution in [2.75, 3.05) is 13.1 Å². The highest BCUT2D eigenvalue weighted by Crippen LogP contribution is 2.46. The summed E-state index contributed by atoms with van der Waals surface area (Å²) in [5, 5.41) is 3.14. The Morgan fingerprint density at radius 3 is 2.43 bits per heavy atom. The van der Waals surface area contributed by atoms with E-state index in [9.17, 15) is 4.79 Å². The highest BCUT2D eigenvalue weighted by Gasteiger charge is 2.42. The first-order valence-electron chi connectivity index (χ1n) is 8.73. The summed E-state index contributed by atoms with van der Waals surface area (Å²) in [6.45, 7) is 1.85. The van der Waals surface area contributed by atoms with Gasteiger partial charge in [-0.25, -0.2) is 4.79 Å². The lowest BCUT2D eigenvalue weighted by Crippen LogP contribution is -2.43. The van der Waals surface area contributed by atoms with Crippen LogP contribution in [0.1, 0.15) is 30.7 Å². The molecule has 3 heteroatoms. The molecule has 0 spiro atoms. The number of likely N-dealkylation sites (tertiary alicyclic amines) is 1. The number of carbonyl (C=O) groups is 1. The fourth-order valence-corrected chi connectivity index (χ4v) is 4.40. The SMILES string of the molecule is O=C(NC1C=CC=CC1)N1C[C@H]2CC(c3ccccc3)C[C@H]2C1. The van der Waals surface area contributed by atoms with Crippen LogP contribution >= 0.6 is 0 Å². The zero-order valence-electron chi connectivity index (χ0n) is 13.4. The van der Waals surface area contributed by atoms with Gasteiger partial charge in [0.15, 0.2) is 0 Å². The molecule has 1 aromatic rings. The van der Waals surface area contributed by atoms with Gasteiger partial charge in [-0.2, -0.15) is 0 Å². The summed E-state index contributed by atoms with van der Waals surface area (Å²) in [4.78, 5) is 14.5. The van der Waals surface area contributed by atoms with Crippen molar-refractivity contribution in [3.8, 4) is 0 Å². The third-order valence-corrected chi connectivity index (χ3v) is 5.60. The minimum atomic E-state index is 0.112. The lowest BCUT2D eigenvalue weighted by atomic mass is 9.96. The predicted molar refractivity (Wildman–Crippen MR) is 92.2 cm³/mol. The van der Waals surface area contributed by atoms with Crippen LogP contribution in [-0.4, -0.2) is 30.1 Å². The highest BCUT2D eigenvalue weighted by molar-refractivity contribution is 5.75. The molecule has 2 aliphatic carbocycles. The van der Waals surface area contributed by atoms with Crippen LogP contribution < -0.4 is 5.32 Å². The Morgan fingerprint density at radius 2 is 1.78 bits per heavy atom. The van der Waals surface area contributed by atoms with Gasteiger partial charge in [-0.1, -0.05) is 54.6 Å². The first-order chi connectivity index (χ1) is 11.3. The average molecular weight is 308 g/mol. The fraction of sp³-hybridized carbons (Fsp3) is 0.450. The van der Waals surface area contributed by atoms with E-state index in [0.29, 0.717) is 17.8 Å². The van der Waals surface area contributed by atoms with Gasteiger partial charge in [-0.3, -0.25) is 0 Å². The average Bonchev–Trinajstić information content (AvgIpc) is 3.15. The molecule has 2 fully saturated rings. The van der Waals surface area contributed by atoms with E-state index in [4.69, 9.17) is 0 Å². The summed E-state index contributed by atoms with van der Waals surface area (Å²) in [6, 6.07) is 11.1. The van der Waals surface area contributed by atoms with Gasteiger partial charge in [-0.05, 0) is 42.6 Å². The van der Waals surface area contributed by atoms with E-state index in [1.807, 2.05) is 17.1 Å². The second-order valence-corrected chi connectivity index (χ2v) is 7.11.